The van der Waals surface area contributed by atoms with Crippen LogP contribution in [0.4, 0.5) is 10.5 Å². The third-order valence-electron chi connectivity index (χ3n) is 3.00. The molecule has 1 atom stereocenters. The number of nitrogens with one attached hydrogen (secondary N) is 1. The Hall–Kier alpha value is -1.79. The molecule has 1 aromatic carbocycles. The van der Waals surface area contributed by atoms with Crippen molar-refractivity contribution in [2.75, 3.05) is 18.5 Å². The van der Waals surface area contributed by atoms with Crippen LogP contribution in [0.1, 0.15) is 25.7 Å². The monoisotopic (exact) mass is 327 g/mol. The van der Waals surface area contributed by atoms with E-state index in [9.17, 15) is 9.59 Å². The fourth-order valence-corrected chi connectivity index (χ4v) is 2.04. The smallest absolute Gasteiger partial charge is 0.411 e. The molecule has 1 aromatic rings. The van der Waals surface area contributed by atoms with Crippen molar-refractivity contribution < 1.29 is 23.8 Å². The molecule has 1 fully saturated rings. The average Bonchev–Trinajstić information content (AvgIpc) is 2.99. The highest BCUT2D eigenvalue weighted by atomic mass is 35.5. The molecule has 6 nitrogen and oxygen atoms in total. The summed E-state index contributed by atoms with van der Waals surface area (Å²) in [5.74, 6) is -0.339. The van der Waals surface area contributed by atoms with Crippen molar-refractivity contribution in [3.8, 4) is 0 Å². The van der Waals surface area contributed by atoms with Crippen LogP contribution in [-0.2, 0) is 19.0 Å². The van der Waals surface area contributed by atoms with Crippen LogP contribution in [-0.4, -0.2) is 31.6 Å². The first-order valence-electron chi connectivity index (χ1n) is 7.14. The molecule has 0 bridgehead atoms. The molecule has 1 N–H and O–H groups in total. The molecular formula is C15H18ClNO5. The Kier molecular flexibility index (Phi) is 6.48. The topological polar surface area (TPSA) is 73.9 Å². The molecule has 2 rings (SSSR count). The lowest BCUT2D eigenvalue weighted by Crippen LogP contribution is -2.18. The number of amides is 1. The van der Waals surface area contributed by atoms with Crippen LogP contribution >= 0.6 is 11.6 Å². The molecule has 1 unspecified atom stereocenters. The van der Waals surface area contributed by atoms with E-state index < -0.39 is 12.4 Å². The molecule has 1 aliphatic rings. The predicted octanol–water partition coefficient (Wildman–Crippen LogP) is 3.35. The van der Waals surface area contributed by atoms with Crippen molar-refractivity contribution in [1.29, 1.82) is 0 Å². The maximum Gasteiger partial charge on any atom is 0.411 e. The van der Waals surface area contributed by atoms with Crippen LogP contribution in [0.2, 0.25) is 5.02 Å². The number of halogens is 1. The molecular weight excluding hydrogens is 310 g/mol. The van der Waals surface area contributed by atoms with Gasteiger partial charge in [-0.05, 0) is 37.1 Å². The summed E-state index contributed by atoms with van der Waals surface area (Å²) in [6.07, 6.45) is 1.25. The van der Waals surface area contributed by atoms with Crippen LogP contribution in [0.15, 0.2) is 24.3 Å². The van der Waals surface area contributed by atoms with E-state index in [4.69, 9.17) is 25.8 Å². The van der Waals surface area contributed by atoms with E-state index >= 15 is 0 Å². The Balaban J connectivity index is 1.56. The molecule has 0 saturated carbocycles. The molecule has 7 heteroatoms. The molecule has 120 valence electrons. The summed E-state index contributed by atoms with van der Waals surface area (Å²) in [4.78, 5) is 23.0. The maximum atomic E-state index is 11.5. The van der Waals surface area contributed by atoms with Crippen molar-refractivity contribution in [3.63, 3.8) is 0 Å². The van der Waals surface area contributed by atoms with Crippen LogP contribution in [0, 0.1) is 0 Å². The van der Waals surface area contributed by atoms with Gasteiger partial charge in [-0.15, -0.1) is 0 Å². The number of rotatable bonds is 6. The third-order valence-corrected chi connectivity index (χ3v) is 3.25. The number of ether oxygens (including phenoxy) is 3. The Morgan fingerprint density at radius 3 is 2.77 bits per heavy atom. The van der Waals surface area contributed by atoms with Crippen molar-refractivity contribution in [2.45, 2.75) is 32.0 Å². The van der Waals surface area contributed by atoms with Gasteiger partial charge in [-0.2, -0.15) is 0 Å². The Labute approximate surface area is 133 Å². The second kappa shape index (κ2) is 8.60. The molecule has 22 heavy (non-hydrogen) atoms. The Morgan fingerprint density at radius 2 is 2.09 bits per heavy atom. The van der Waals surface area contributed by atoms with Crippen LogP contribution < -0.4 is 5.32 Å². The third kappa shape index (κ3) is 5.91. The van der Waals surface area contributed by atoms with E-state index in [1.54, 1.807) is 24.3 Å². The number of esters is 1. The standard InChI is InChI=1S/C15H18ClNO5/c16-11-5-7-12(8-6-11)17-15(19)21-10-1-3-13(18)22-14-4-2-9-20-14/h5-8,14H,1-4,9-10H2,(H,17,19). The fraction of sp³-hybridized carbons (Fsp3) is 0.467. The highest BCUT2D eigenvalue weighted by Crippen LogP contribution is 2.15. The molecule has 0 radical (unpaired) electrons. The molecule has 0 aliphatic carbocycles. The van der Waals surface area contributed by atoms with E-state index in [1.165, 1.54) is 0 Å². The predicted molar refractivity (Wildman–Crippen MR) is 80.7 cm³/mol. The van der Waals surface area contributed by atoms with Gasteiger partial charge in [0.1, 0.15) is 0 Å². The molecule has 1 aliphatic heterocycles. The van der Waals surface area contributed by atoms with Gasteiger partial charge in [-0.1, -0.05) is 11.6 Å². The van der Waals surface area contributed by atoms with Gasteiger partial charge < -0.3 is 14.2 Å². The minimum Gasteiger partial charge on any atom is -0.449 e. The lowest BCUT2D eigenvalue weighted by Gasteiger charge is -2.11. The van der Waals surface area contributed by atoms with Gasteiger partial charge in [-0.25, -0.2) is 4.79 Å². The molecule has 1 heterocycles. The van der Waals surface area contributed by atoms with Crippen molar-refractivity contribution in [2.24, 2.45) is 0 Å². The minimum absolute atomic E-state index is 0.139. The van der Waals surface area contributed by atoms with Crippen molar-refractivity contribution in [1.82, 2.24) is 0 Å². The fourth-order valence-electron chi connectivity index (χ4n) is 1.92. The van der Waals surface area contributed by atoms with Gasteiger partial charge in [0.05, 0.1) is 13.2 Å². The SMILES string of the molecule is O=C(CCCOC(=O)Nc1ccc(Cl)cc1)OC1CCCO1. The molecule has 1 saturated heterocycles. The summed E-state index contributed by atoms with van der Waals surface area (Å²) in [6, 6.07) is 6.67. The lowest BCUT2D eigenvalue weighted by molar-refractivity contribution is -0.170. The second-order valence-corrected chi connectivity index (χ2v) is 5.24. The summed E-state index contributed by atoms with van der Waals surface area (Å²) < 4.78 is 15.3. The molecule has 0 aromatic heterocycles. The van der Waals surface area contributed by atoms with Crippen LogP contribution in [0.3, 0.4) is 0 Å². The van der Waals surface area contributed by atoms with Gasteiger partial charge in [0.2, 0.25) is 6.29 Å². The zero-order valence-corrected chi connectivity index (χ0v) is 12.8. The van der Waals surface area contributed by atoms with Crippen LogP contribution in [0.25, 0.3) is 0 Å². The number of carbonyl (C=O) groups is 2. The lowest BCUT2D eigenvalue weighted by atomic mass is 10.3. The van der Waals surface area contributed by atoms with Crippen molar-refractivity contribution >= 4 is 29.4 Å². The minimum atomic E-state index is -0.574. The Morgan fingerprint density at radius 1 is 1.32 bits per heavy atom. The van der Waals surface area contributed by atoms with Gasteiger partial charge >= 0.3 is 12.1 Å². The van der Waals surface area contributed by atoms with Gasteiger partial charge in [0, 0.05) is 23.6 Å². The number of hydrogen-bond donors (Lipinski definition) is 1. The molecule has 1 amide bonds. The van der Waals surface area contributed by atoms with E-state index in [-0.39, 0.29) is 19.0 Å². The largest absolute Gasteiger partial charge is 0.449 e. The summed E-state index contributed by atoms with van der Waals surface area (Å²) in [7, 11) is 0. The maximum absolute atomic E-state index is 11.5. The van der Waals surface area contributed by atoms with Gasteiger partial charge in [-0.3, -0.25) is 10.1 Å². The van der Waals surface area contributed by atoms with E-state index in [0.29, 0.717) is 23.7 Å². The number of hydrogen-bond acceptors (Lipinski definition) is 5. The van der Waals surface area contributed by atoms with Crippen molar-refractivity contribution in [3.05, 3.63) is 29.3 Å². The quantitative estimate of drug-likeness (QED) is 0.640. The first kappa shape index (κ1) is 16.6. The van der Waals surface area contributed by atoms with E-state index in [2.05, 4.69) is 5.32 Å². The number of anilines is 1. The zero-order valence-electron chi connectivity index (χ0n) is 12.0. The van der Waals surface area contributed by atoms with Crippen LogP contribution in [0.5, 0.6) is 0 Å². The second-order valence-electron chi connectivity index (χ2n) is 4.80. The Bertz CT molecular complexity index is 499. The van der Waals surface area contributed by atoms with E-state index in [0.717, 1.165) is 12.8 Å². The van der Waals surface area contributed by atoms with Gasteiger partial charge in [0.15, 0.2) is 0 Å². The van der Waals surface area contributed by atoms with E-state index in [1.807, 2.05) is 0 Å². The summed E-state index contributed by atoms with van der Waals surface area (Å²) >= 11 is 5.74. The average molecular weight is 328 g/mol. The highest BCUT2D eigenvalue weighted by Gasteiger charge is 2.19. The summed E-state index contributed by atoms with van der Waals surface area (Å²) in [5, 5.41) is 3.15. The summed E-state index contributed by atoms with van der Waals surface area (Å²) in [6.45, 7) is 0.770. The zero-order chi connectivity index (χ0) is 15.8. The number of benzene rings is 1. The molecule has 0 spiro atoms. The number of carbonyl (C=O) groups excluding carboxylic acids is 2. The van der Waals surface area contributed by atoms with Gasteiger partial charge in [0.25, 0.3) is 0 Å². The summed E-state index contributed by atoms with van der Waals surface area (Å²) in [5.41, 5.74) is 0.590. The first-order valence-corrected chi connectivity index (χ1v) is 7.52. The highest BCUT2D eigenvalue weighted by molar-refractivity contribution is 6.30. The normalized spacial score (nSPS) is 17.0. The first-order chi connectivity index (χ1) is 10.6.